The van der Waals surface area contributed by atoms with Crippen LogP contribution in [0.4, 0.5) is 0 Å². The predicted molar refractivity (Wildman–Crippen MR) is 568 cm³/mol. The summed E-state index contributed by atoms with van der Waals surface area (Å²) in [5.41, 5.74) is 35.2. The summed E-state index contributed by atoms with van der Waals surface area (Å²) in [5, 5.41) is 2.01. The van der Waals surface area contributed by atoms with Gasteiger partial charge in [-0.3, -0.25) is 19.5 Å². The van der Waals surface area contributed by atoms with Gasteiger partial charge in [0.2, 0.25) is 0 Å². The van der Waals surface area contributed by atoms with Gasteiger partial charge in [-0.05, 0) is 184 Å². The number of pyridine rings is 6. The van der Waals surface area contributed by atoms with Crippen LogP contribution in [0.15, 0.2) is 414 Å². The first kappa shape index (κ1) is 89.4. The van der Waals surface area contributed by atoms with E-state index >= 15 is 0 Å². The largest absolute Gasteiger partial charge is 0.292 e. The number of aromatic nitrogens is 22. The van der Waals surface area contributed by atoms with E-state index in [0.29, 0.717) is 73.4 Å². The molecule has 25 rings (SSSR count). The van der Waals surface area contributed by atoms with Gasteiger partial charge in [0.05, 0.1) is 68.0 Å². The third kappa shape index (κ3) is 17.9. The molecule has 0 N–H and O–H groups in total. The number of benzene rings is 11. The Morgan fingerprint density at radius 1 is 0.239 bits per heavy atom. The lowest BCUT2D eigenvalue weighted by Gasteiger charge is -2.16. The summed E-state index contributed by atoms with van der Waals surface area (Å²) in [6, 6.07) is 117. The fourth-order valence-corrected chi connectivity index (χ4v) is 17.7. The van der Waals surface area contributed by atoms with Crippen molar-refractivity contribution < 1.29 is 0 Å². The fraction of sp³-hybridized carbons (Fsp3) is 0.0583. The van der Waals surface area contributed by atoms with Gasteiger partial charge in [-0.25, -0.2) is 89.7 Å². The highest BCUT2D eigenvalue weighted by Gasteiger charge is 2.26. The maximum absolute atomic E-state index is 5.08. The average molecular weight is 1840 g/mol. The van der Waals surface area contributed by atoms with Crippen molar-refractivity contribution >= 4 is 77.9 Å². The smallest absolute Gasteiger partial charge is 0.198 e. The van der Waals surface area contributed by atoms with Crippen molar-refractivity contribution in [1.82, 2.24) is 109 Å². The first-order valence-electron chi connectivity index (χ1n) is 46.0. The van der Waals surface area contributed by atoms with Crippen LogP contribution >= 0.6 is 0 Å². The topological polar surface area (TPSA) is 276 Å². The van der Waals surface area contributed by atoms with Crippen LogP contribution in [-0.4, -0.2) is 109 Å². The maximum Gasteiger partial charge on any atom is 0.198 e. The van der Waals surface area contributed by atoms with E-state index in [-0.39, 0.29) is 14.9 Å². The predicted octanol–water partition coefficient (Wildman–Crippen LogP) is 27.7. The Kier molecular flexibility index (Phi) is 25.0. The SMILES string of the molecule is C.C.CCC(C)c1ccc(-c2nc3ccccc3n2-c2ccccc2C)cc1.c1ccc(-c2nc3ncccc3nc2-c2ccc(-c3cc(-c4ccc(-c5nc6cccnc6nc5-c5cccnc5)cc4)cc(-c4ccc(-c5nc6cccnc6nc5-c5ccccn5)cc4)c3)cc2)nc1.c1ccc(-c2nc3nccnc3nc2-c2ccc(-c3nc4nccnc4nc3-c3ccccc3)c3ccccc23)cc1. The fourth-order valence-electron chi connectivity index (χ4n) is 17.7. The second-order valence-electron chi connectivity index (χ2n) is 33.7. The molecule has 0 fully saturated rings. The number of fused-ring (bicyclic) bond motifs is 7. The van der Waals surface area contributed by atoms with Crippen LogP contribution in [0.2, 0.25) is 0 Å². The third-order valence-electron chi connectivity index (χ3n) is 24.9. The van der Waals surface area contributed by atoms with Crippen LogP contribution in [0.25, 0.3) is 241 Å². The molecule has 0 saturated heterocycles. The van der Waals surface area contributed by atoms with Crippen LogP contribution in [0.1, 0.15) is 52.2 Å². The molecule has 0 spiro atoms. The summed E-state index contributed by atoms with van der Waals surface area (Å²) in [6.45, 7) is 6.66. The summed E-state index contributed by atoms with van der Waals surface area (Å²) in [4.78, 5) is 99.8. The van der Waals surface area contributed by atoms with Gasteiger partial charge in [-0.1, -0.05) is 265 Å². The second-order valence-corrected chi connectivity index (χ2v) is 33.7. The number of rotatable bonds is 17. The van der Waals surface area contributed by atoms with Crippen LogP contribution < -0.4 is 0 Å². The summed E-state index contributed by atoms with van der Waals surface area (Å²) in [5.74, 6) is 1.58. The maximum atomic E-state index is 5.08. The average Bonchev–Trinajstić information content (AvgIpc) is 0.810. The molecule has 0 aliphatic rings. The Balaban J connectivity index is 0.000000143. The van der Waals surface area contributed by atoms with Gasteiger partial charge in [0.1, 0.15) is 39.5 Å². The highest BCUT2D eigenvalue weighted by atomic mass is 15.1. The molecule has 678 valence electrons. The van der Waals surface area contributed by atoms with Crippen LogP contribution in [0, 0.1) is 6.92 Å². The molecule has 1 unspecified atom stereocenters. The van der Waals surface area contributed by atoms with Crippen LogP contribution in [-0.2, 0) is 0 Å². The Hall–Kier alpha value is -19.1. The molecule has 25 aromatic rings. The van der Waals surface area contributed by atoms with Crippen molar-refractivity contribution in [3.8, 4) is 163 Å². The third-order valence-corrected chi connectivity index (χ3v) is 24.9. The molecule has 11 aromatic carbocycles. The van der Waals surface area contributed by atoms with Crippen LogP contribution in [0.3, 0.4) is 0 Å². The van der Waals surface area contributed by atoms with Crippen molar-refractivity contribution in [3.63, 3.8) is 0 Å². The molecule has 0 aliphatic heterocycles. The summed E-state index contributed by atoms with van der Waals surface area (Å²) in [7, 11) is 0. The minimum atomic E-state index is 0. The molecule has 0 aliphatic carbocycles. The van der Waals surface area contributed by atoms with E-state index in [1.165, 1.54) is 16.8 Å². The van der Waals surface area contributed by atoms with Crippen LogP contribution in [0.5, 0.6) is 0 Å². The van der Waals surface area contributed by atoms with Gasteiger partial charge in [-0.15, -0.1) is 0 Å². The van der Waals surface area contributed by atoms with Gasteiger partial charge < -0.3 is 0 Å². The molecule has 14 aromatic heterocycles. The van der Waals surface area contributed by atoms with Gasteiger partial charge in [0.15, 0.2) is 39.5 Å². The Morgan fingerprint density at radius 2 is 0.577 bits per heavy atom. The molecular formula is C120H88N22. The lowest BCUT2D eigenvalue weighted by molar-refractivity contribution is 0.734. The number of imidazole rings is 1. The zero-order chi connectivity index (χ0) is 93.8. The Morgan fingerprint density at radius 3 is 1.01 bits per heavy atom. The first-order valence-corrected chi connectivity index (χ1v) is 46.0. The molecular weight excluding hydrogens is 1750 g/mol. The lowest BCUT2D eigenvalue weighted by Crippen LogP contribution is -2.00. The van der Waals surface area contributed by atoms with E-state index in [1.807, 2.05) is 164 Å². The number of hydrogen-bond donors (Lipinski definition) is 0. The monoisotopic (exact) mass is 1840 g/mol. The second kappa shape index (κ2) is 39.7. The van der Waals surface area contributed by atoms with Crippen molar-refractivity contribution in [3.05, 3.63) is 425 Å². The highest BCUT2D eigenvalue weighted by Crippen LogP contribution is 2.44. The van der Waals surface area contributed by atoms with Gasteiger partial charge in [0.25, 0.3) is 0 Å². The van der Waals surface area contributed by atoms with Gasteiger partial charge in [-0.2, -0.15) is 0 Å². The van der Waals surface area contributed by atoms with E-state index in [1.54, 1.807) is 68.2 Å². The number of hydrogen-bond acceptors (Lipinski definition) is 21. The molecule has 1 atom stereocenters. The van der Waals surface area contributed by atoms with Crippen molar-refractivity contribution in [1.29, 1.82) is 0 Å². The summed E-state index contributed by atoms with van der Waals surface area (Å²) in [6.07, 6.45) is 20.0. The van der Waals surface area contributed by atoms with E-state index in [4.69, 9.17) is 54.8 Å². The van der Waals surface area contributed by atoms with Crippen molar-refractivity contribution in [2.45, 2.75) is 48.0 Å². The zero-order valence-electron chi connectivity index (χ0n) is 75.9. The Bertz CT molecular complexity index is 8320. The van der Waals surface area contributed by atoms with E-state index in [9.17, 15) is 0 Å². The van der Waals surface area contributed by atoms with E-state index in [2.05, 4.69) is 257 Å². The molecule has 142 heavy (non-hydrogen) atoms. The standard InChI is InChI=1S/C60H36N12.C34H20N8.C24H24N2.2CH4/c1-3-28-62-47(10-1)56-53(68-50-13-7-31-65-59(50)71-56)41-23-17-38(18-24-41)45-33-44(37-15-21-40(22-16-37)52-55(43-9-5-27-61-36-43)70-58-49(67-52)12-6-30-64-58)34-46(35-45)39-19-25-42(26-20-39)54-57(48-11-2-4-29-63-48)72-60-51(69-54)14-8-32-66-60;1-3-9-21(10-4-1)27-29(41-33-31(39-27)35-17-19-37-33)25-15-16-26(24-14-8-7-13-23(24)25)30-28(22-11-5-2-6-12-22)40-32-34(42-30)38-20-18-36-32;1-4-17(2)19-13-15-20(16-14-19)24-25-21-10-6-8-12-23(21)26(24)22-11-7-5-9-18(22)3;;/h1-36H;1-20H;5-17H,4H2,1-3H3;2*1H4. The molecule has 22 heteroatoms. The van der Waals surface area contributed by atoms with Gasteiger partial charge in [0, 0.05) is 118 Å². The molecule has 0 radical (unpaired) electrons. The molecule has 22 nitrogen and oxygen atoms in total. The quantitative estimate of drug-likeness (QED) is 0.0819. The minimum absolute atomic E-state index is 0. The van der Waals surface area contributed by atoms with Gasteiger partial charge >= 0.3 is 0 Å². The van der Waals surface area contributed by atoms with Crippen molar-refractivity contribution in [2.75, 3.05) is 0 Å². The molecule has 0 bridgehead atoms. The number of aryl methyl sites for hydroxylation is 1. The molecule has 0 saturated carbocycles. The van der Waals surface area contributed by atoms with E-state index in [0.717, 1.165) is 174 Å². The van der Waals surface area contributed by atoms with Crippen molar-refractivity contribution in [2.24, 2.45) is 0 Å². The highest BCUT2D eigenvalue weighted by molar-refractivity contribution is 6.08. The zero-order valence-corrected chi connectivity index (χ0v) is 75.9. The molecule has 14 heterocycles. The number of para-hydroxylation sites is 3. The van der Waals surface area contributed by atoms with E-state index < -0.39 is 0 Å². The molecule has 0 amide bonds. The summed E-state index contributed by atoms with van der Waals surface area (Å²) >= 11 is 0. The lowest BCUT2D eigenvalue weighted by atomic mass is 9.91. The minimum Gasteiger partial charge on any atom is -0.292 e. The Labute approximate surface area is 818 Å². The summed E-state index contributed by atoms with van der Waals surface area (Å²) < 4.78 is 2.28. The number of nitrogens with zero attached hydrogens (tertiary/aromatic N) is 22. The first-order chi connectivity index (χ1) is 69.2. The normalized spacial score (nSPS) is 11.4.